The van der Waals surface area contributed by atoms with Gasteiger partial charge in [-0.05, 0) is 246 Å². The van der Waals surface area contributed by atoms with Crippen molar-refractivity contribution in [3.63, 3.8) is 0 Å². The average Bonchev–Trinajstić information content (AvgIpc) is 1.55. The molecule has 18 aliphatic rings. The second-order valence-corrected chi connectivity index (χ2v) is 39.1. The molecule has 5 N–H and O–H groups in total. The van der Waals surface area contributed by atoms with E-state index in [1.165, 1.54) is 112 Å². The molecule has 30 heteroatoms. The number of esters is 2. The zero-order chi connectivity index (χ0) is 81.9. The quantitative estimate of drug-likeness (QED) is 0.0317. The van der Waals surface area contributed by atoms with Crippen molar-refractivity contribution in [2.75, 3.05) is 77.5 Å². The maximum absolute atomic E-state index is 17.5. The van der Waals surface area contributed by atoms with E-state index < -0.39 is 139 Å². The minimum absolute atomic E-state index is 0. The number of ketones is 6. The number of carbonyl (C=O) groups excluding carboxylic acids is 9. The van der Waals surface area contributed by atoms with Gasteiger partial charge in [0, 0.05) is 99.0 Å². The minimum atomic E-state index is -2.16. The largest absolute Gasteiger partial charge is 1.00 e. The summed E-state index contributed by atoms with van der Waals surface area (Å²) in [6, 6.07) is 0. The first-order chi connectivity index (χ1) is 53.1. The number of fused-ring (bicyclic) bond motifs is 21. The molecule has 116 heavy (non-hydrogen) atoms. The number of carbonyl (C=O) groups is 9. The van der Waals surface area contributed by atoms with Crippen molar-refractivity contribution < 1.29 is 214 Å². The Morgan fingerprint density at radius 1 is 0.543 bits per heavy atom. The molecular formula is C86H113BrClF6K2N3O17. The molecule has 3 aliphatic heterocycles. The number of aliphatic hydroxyl groups is 4. The van der Waals surface area contributed by atoms with Crippen molar-refractivity contribution in [2.24, 2.45) is 120 Å². The first kappa shape index (κ1) is 94.8. The van der Waals surface area contributed by atoms with Gasteiger partial charge in [0.15, 0.2) is 64.9 Å². The minimum Gasteiger partial charge on any atom is -1.00 e. The van der Waals surface area contributed by atoms with Crippen LogP contribution in [-0.4, -0.2) is 215 Å². The number of Topliss-reactive ketones (excluding diaryl/α,β-unsaturated/α-hetero) is 3. The fourth-order valence-electron chi connectivity index (χ4n) is 27.5. The normalized spacial score (nSPS) is 46.2. The standard InChI is InChI=1S/C29H37F2NO5.C27H35F2NO4.C25H31F2NO5.C4H7Br.CH2O3.ClH.2K.H/c1-16(33)37-14-25(36)28-15-32(12-17-4-5-17)13-18(28)8-20-21-10-23(30)22-9-19(34)6-7-26(22,2)29(21,31)24(35)11-27(20,28)3;1-24-6-5-17(32)8-20(24)21(28)9-19-18-7-16-12-30(11-15-3-4-15)14-26(16,23(34)13-31)25(18,2)10-22(33)27(19,24)29;1-13(29)33-11-21(32)24-12-28-10-14(24)6-16-17-8-19(26)18-7-15(30)4-5-22(18,2)25(17,27)20(31)9-23(16,24)3;5-3-4-1-2-4;2-1-4-3;;;;/h6-7,9,17-18,20-21,23-24,35H,4-5,8,10-15H2,1-3H3;5-6,8,15-16,18-19,21-22,31,33H,3-4,7,9-14H2,1-2H3;4-5,7,14,16-17,19-20,28,31H,6,8-12H2,1-3H3;4H,1-3H2;1,3H;1H;;;/q;;;;;;2*+1;-1/p-1/t18-,20-,21-,23-,24-,26-,27-,28+,29-;16-,18-,19-,21-,22-,24-,25-,26+,27-;14-,16-,17-,19-,20-,22-,23-,24+,25-;;;;;;/m000....../s1. The number of hydrogen-bond donors (Lipinski definition) is 5. The van der Waals surface area contributed by atoms with Gasteiger partial charge in [-0.1, -0.05) is 54.9 Å². The van der Waals surface area contributed by atoms with Gasteiger partial charge in [0.25, 0.3) is 6.47 Å². The van der Waals surface area contributed by atoms with E-state index in [0.29, 0.717) is 63.8 Å². The summed E-state index contributed by atoms with van der Waals surface area (Å²) in [6.45, 7) is 16.9. The topological polar surface area (TPSA) is 304 Å². The molecule has 27 atom stereocenters. The van der Waals surface area contributed by atoms with Crippen LogP contribution in [0.1, 0.15) is 153 Å². The van der Waals surface area contributed by atoms with Gasteiger partial charge in [-0.15, -0.1) is 12.4 Å². The molecule has 0 aromatic carbocycles. The predicted molar refractivity (Wildman–Crippen MR) is 408 cm³/mol. The van der Waals surface area contributed by atoms with Gasteiger partial charge >= 0.3 is 115 Å². The maximum Gasteiger partial charge on any atom is 1.00 e. The van der Waals surface area contributed by atoms with Crippen molar-refractivity contribution in [1.82, 2.24) is 15.1 Å². The number of ether oxygens (including phenoxy) is 2. The molecule has 12 saturated carbocycles. The number of rotatable bonds is 14. The molecule has 0 radical (unpaired) electrons. The smallest absolute Gasteiger partial charge is 1.00 e. The van der Waals surface area contributed by atoms with Crippen LogP contribution >= 0.6 is 28.3 Å². The zero-order valence-electron chi connectivity index (χ0n) is 69.3. The Kier molecular flexibility index (Phi) is 27.9. The van der Waals surface area contributed by atoms with Crippen molar-refractivity contribution in [2.45, 2.75) is 206 Å². The average molecular weight is 1770 g/mol. The molecule has 15 aliphatic carbocycles. The predicted octanol–water partition coefficient (Wildman–Crippen LogP) is 3.20. The third kappa shape index (κ3) is 14.4. The van der Waals surface area contributed by atoms with E-state index in [1.54, 1.807) is 20.8 Å². The number of likely N-dealkylation sites (tertiary alicyclic amines) is 2. The number of halogens is 8. The summed E-state index contributed by atoms with van der Waals surface area (Å²) in [7, 11) is 0. The zero-order valence-corrected chi connectivity index (χ0v) is 77.0. The van der Waals surface area contributed by atoms with Crippen LogP contribution in [0.4, 0.5) is 26.3 Å². The first-order valence-corrected chi connectivity index (χ1v) is 42.1. The van der Waals surface area contributed by atoms with E-state index in [1.807, 2.05) is 20.8 Å². The molecule has 0 amide bonds. The second kappa shape index (κ2) is 34.2. The van der Waals surface area contributed by atoms with Crippen molar-refractivity contribution in [1.29, 1.82) is 0 Å². The Hall–Kier alpha value is -1.83. The molecule has 0 spiro atoms. The fourth-order valence-corrected chi connectivity index (χ4v) is 28.2. The summed E-state index contributed by atoms with van der Waals surface area (Å²) in [4.78, 5) is 116. The maximum atomic E-state index is 17.5. The van der Waals surface area contributed by atoms with Gasteiger partial charge in [0.2, 0.25) is 0 Å². The summed E-state index contributed by atoms with van der Waals surface area (Å²) >= 11 is 3.38. The molecule has 0 bridgehead atoms. The molecule has 632 valence electrons. The van der Waals surface area contributed by atoms with Gasteiger partial charge < -0.3 is 56.6 Å². The molecule has 0 aromatic rings. The van der Waals surface area contributed by atoms with Crippen LogP contribution in [0, 0.1) is 120 Å². The van der Waals surface area contributed by atoms with Crippen LogP contribution < -0.4 is 113 Å². The Bertz CT molecular complexity index is 4120. The Morgan fingerprint density at radius 2 is 0.862 bits per heavy atom. The molecule has 20 nitrogen and oxygen atoms in total. The fraction of sp³-hybridized carbons (Fsp3) is 0.756. The number of allylic oxidation sites excluding steroid dienone is 12. The number of alkyl halides is 7. The Morgan fingerprint density at radius 3 is 1.16 bits per heavy atom. The van der Waals surface area contributed by atoms with Crippen LogP contribution in [0.2, 0.25) is 0 Å². The third-order valence-electron chi connectivity index (χ3n) is 33.3. The Labute approximate surface area is 776 Å². The molecular weight excluding hydrogens is 1650 g/mol. The molecule has 3 heterocycles. The molecule has 0 unspecified atom stereocenters. The van der Waals surface area contributed by atoms with E-state index >= 15 is 26.3 Å². The van der Waals surface area contributed by atoms with E-state index in [-0.39, 0.29) is 262 Å². The second-order valence-electron chi connectivity index (χ2n) is 38.5. The molecule has 3 saturated heterocycles. The summed E-state index contributed by atoms with van der Waals surface area (Å²) < 4.78 is 109. The van der Waals surface area contributed by atoms with Crippen molar-refractivity contribution in [3.05, 3.63) is 71.4 Å². The third-order valence-corrected chi connectivity index (χ3v) is 34.3. The van der Waals surface area contributed by atoms with E-state index in [2.05, 4.69) is 35.9 Å². The van der Waals surface area contributed by atoms with Crippen molar-refractivity contribution in [3.8, 4) is 0 Å². The number of nitrogens with one attached hydrogen (secondary N) is 1. The van der Waals surface area contributed by atoms with Gasteiger partial charge in [0.05, 0.1) is 34.6 Å². The van der Waals surface area contributed by atoms with Crippen LogP contribution in [0.15, 0.2) is 71.4 Å². The van der Waals surface area contributed by atoms with Gasteiger partial charge in [0.1, 0.15) is 25.1 Å². The summed E-state index contributed by atoms with van der Waals surface area (Å²) in [6.07, 6.45) is 12.2. The molecule has 0 aromatic heterocycles. The van der Waals surface area contributed by atoms with E-state index in [4.69, 9.17) is 19.5 Å². The monoisotopic (exact) mass is 1770 g/mol. The van der Waals surface area contributed by atoms with Gasteiger partial charge in [-0.3, -0.25) is 43.2 Å². The first-order valence-electron chi connectivity index (χ1n) is 40.9. The summed E-state index contributed by atoms with van der Waals surface area (Å²) in [5, 5.41) is 57.5. The van der Waals surface area contributed by atoms with Crippen LogP contribution in [0.25, 0.3) is 0 Å². The van der Waals surface area contributed by atoms with Gasteiger partial charge in [-0.25, -0.2) is 26.3 Å². The van der Waals surface area contributed by atoms with E-state index in [0.717, 1.165) is 25.6 Å². The van der Waals surface area contributed by atoms with E-state index in [9.17, 15) is 58.8 Å². The van der Waals surface area contributed by atoms with Crippen molar-refractivity contribution >= 4 is 81.4 Å². The Balaban J connectivity index is 0.000000173. The molecule has 18 rings (SSSR count). The molecule has 15 fully saturated rings. The number of aliphatic hydroxyl groups excluding tert-OH is 4. The SMILES string of the molecule is BrCC1CC1.CC(=O)OCC(=O)[C@@]12CN(CC3CC3)C[C@@H]1C[C@H]1[C@@H]3C[C@H](F)C4=CC(=O)C=C[C@]4(C)[C@@]3(F)[C@@H](O)C[C@@]12C.CC(=O)OCC(=O)[C@@]12CNC[C@@H]1C[C@H]1[C@@H]3C[C@H](F)C4=CC(=O)C=C[C@]4(C)[C@@]3(F)[C@@H](O)C[C@@]12C.C[C@]12C=CC(=O)C=C1[C@@H](F)C[C@H]1[C@@H]3C[C@H]4CN(CC5CC5)C[C@@]4(C(=O)CO)[C@@]3(C)C[C@H](O)[C@@]12F.Cl.O=CO[O-].[H-].[K+].[K+]. The van der Waals surface area contributed by atoms with Crippen LogP contribution in [-0.2, 0) is 57.5 Å². The summed E-state index contributed by atoms with van der Waals surface area (Å²) in [5.41, 5.74) is -15.4. The summed E-state index contributed by atoms with van der Waals surface area (Å²) in [5.74, 6) is -4.01. The number of nitrogens with zero attached hydrogens (tertiary/aromatic N) is 2. The van der Waals surface area contributed by atoms with Gasteiger partial charge in [-0.2, -0.15) is 0 Å². The van der Waals surface area contributed by atoms with Crippen LogP contribution in [0.5, 0.6) is 0 Å². The number of hydrogen-bond acceptors (Lipinski definition) is 20. The van der Waals surface area contributed by atoms with Crippen LogP contribution in [0.3, 0.4) is 0 Å².